The minimum Gasteiger partial charge on any atom is -0.358 e. The summed E-state index contributed by atoms with van der Waals surface area (Å²) in [6, 6.07) is 7.42. The summed E-state index contributed by atoms with van der Waals surface area (Å²) in [6.07, 6.45) is 3.88. The van der Waals surface area contributed by atoms with Crippen molar-refractivity contribution in [2.24, 2.45) is 0 Å². The summed E-state index contributed by atoms with van der Waals surface area (Å²) in [6.45, 7) is 2.78. The van der Waals surface area contributed by atoms with Gasteiger partial charge in [-0.25, -0.2) is 0 Å². The lowest BCUT2D eigenvalue weighted by Gasteiger charge is -2.17. The number of benzene rings is 1. The summed E-state index contributed by atoms with van der Waals surface area (Å²) in [4.78, 5) is 27.7. The van der Waals surface area contributed by atoms with Gasteiger partial charge in [-0.1, -0.05) is 24.0 Å². The maximum Gasteiger partial charge on any atom is 0.234 e. The van der Waals surface area contributed by atoms with Crippen molar-refractivity contribution in [1.82, 2.24) is 4.90 Å². The van der Waals surface area contributed by atoms with Gasteiger partial charge < -0.3 is 15.1 Å². The Morgan fingerprint density at radius 1 is 1.12 bits per heavy atom. The first-order valence-electron chi connectivity index (χ1n) is 8.25. The van der Waals surface area contributed by atoms with Crippen LogP contribution in [0.5, 0.6) is 0 Å². The van der Waals surface area contributed by atoms with Gasteiger partial charge in [0.15, 0.2) is 0 Å². The van der Waals surface area contributed by atoms with Gasteiger partial charge in [0.2, 0.25) is 11.8 Å². The van der Waals surface area contributed by atoms with E-state index in [2.05, 4.69) is 10.2 Å². The van der Waals surface area contributed by atoms with Crippen molar-refractivity contribution < 1.29 is 9.59 Å². The molecule has 0 radical (unpaired) electrons. The molecule has 2 aliphatic heterocycles. The van der Waals surface area contributed by atoms with Crippen LogP contribution in [0.1, 0.15) is 25.7 Å². The molecule has 0 atom stereocenters. The number of nitrogens with zero attached hydrogens (tertiary/aromatic N) is 2. The first-order chi connectivity index (χ1) is 11.6. The third-order valence-corrected chi connectivity index (χ3v) is 5.75. The molecule has 2 heterocycles. The van der Waals surface area contributed by atoms with Crippen molar-refractivity contribution >= 4 is 51.5 Å². The molecule has 0 aromatic heterocycles. The molecule has 2 amide bonds. The van der Waals surface area contributed by atoms with Crippen LogP contribution in [0.25, 0.3) is 0 Å². The number of hydrogen-bond acceptors (Lipinski definition) is 4. The number of nitrogens with one attached hydrogen (secondary N) is 1. The molecule has 0 saturated carbocycles. The predicted molar refractivity (Wildman–Crippen MR) is 103 cm³/mol. The zero-order valence-electron chi connectivity index (χ0n) is 13.5. The minimum atomic E-state index is -0.0634. The average Bonchev–Trinajstić information content (AvgIpc) is 3.25. The van der Waals surface area contributed by atoms with E-state index >= 15 is 0 Å². The van der Waals surface area contributed by atoms with Gasteiger partial charge in [-0.15, -0.1) is 0 Å². The summed E-state index contributed by atoms with van der Waals surface area (Å²) >= 11 is 6.77. The lowest BCUT2D eigenvalue weighted by Crippen LogP contribution is -2.25. The van der Waals surface area contributed by atoms with Gasteiger partial charge in [0.05, 0.1) is 5.75 Å². The summed E-state index contributed by atoms with van der Waals surface area (Å²) < 4.78 is 0.811. The van der Waals surface area contributed by atoms with Crippen molar-refractivity contribution in [3.8, 4) is 0 Å². The van der Waals surface area contributed by atoms with Gasteiger partial charge in [-0.2, -0.15) is 0 Å². The fourth-order valence-electron chi connectivity index (χ4n) is 2.96. The van der Waals surface area contributed by atoms with Crippen LogP contribution in [0.4, 0.5) is 11.4 Å². The number of carbonyl (C=O) groups excluding carboxylic acids is 2. The Morgan fingerprint density at radius 3 is 2.46 bits per heavy atom. The number of rotatable bonds is 4. The van der Waals surface area contributed by atoms with Crippen molar-refractivity contribution in [2.45, 2.75) is 25.7 Å². The van der Waals surface area contributed by atoms with Gasteiger partial charge in [0.25, 0.3) is 0 Å². The molecule has 2 aliphatic rings. The van der Waals surface area contributed by atoms with Crippen molar-refractivity contribution in [3.05, 3.63) is 24.3 Å². The van der Waals surface area contributed by atoms with Crippen LogP contribution in [-0.2, 0) is 9.59 Å². The van der Waals surface area contributed by atoms with Gasteiger partial charge in [-0.05, 0) is 43.5 Å². The zero-order chi connectivity index (χ0) is 16.9. The Bertz CT molecular complexity index is 627. The zero-order valence-corrected chi connectivity index (χ0v) is 15.1. The van der Waals surface area contributed by atoms with E-state index in [1.807, 2.05) is 24.3 Å². The lowest BCUT2D eigenvalue weighted by atomic mass is 10.2. The van der Waals surface area contributed by atoms with Gasteiger partial charge >= 0.3 is 0 Å². The molecule has 1 aromatic rings. The highest BCUT2D eigenvalue weighted by Crippen LogP contribution is 2.23. The summed E-state index contributed by atoms with van der Waals surface area (Å²) in [5.74, 6) is 0.423. The molecular formula is C17H21N3O2S2. The van der Waals surface area contributed by atoms with Crippen LogP contribution in [0.15, 0.2) is 24.3 Å². The smallest absolute Gasteiger partial charge is 0.234 e. The van der Waals surface area contributed by atoms with E-state index in [4.69, 9.17) is 12.2 Å². The third-order valence-electron chi connectivity index (χ3n) is 4.23. The number of anilines is 2. The number of carbonyl (C=O) groups is 2. The Kier molecular flexibility index (Phi) is 5.73. The van der Waals surface area contributed by atoms with Crippen LogP contribution >= 0.6 is 24.0 Å². The van der Waals surface area contributed by atoms with Crippen molar-refractivity contribution in [2.75, 3.05) is 35.6 Å². The Morgan fingerprint density at radius 2 is 1.83 bits per heavy atom. The van der Waals surface area contributed by atoms with Gasteiger partial charge in [-0.3, -0.25) is 9.59 Å². The molecule has 3 rings (SSSR count). The average molecular weight is 364 g/mol. The molecule has 1 N–H and O–H groups in total. The van der Waals surface area contributed by atoms with Crippen LogP contribution in [0, 0.1) is 0 Å². The highest BCUT2D eigenvalue weighted by molar-refractivity contribution is 8.23. The number of hydrogen-bond donors (Lipinski definition) is 1. The van der Waals surface area contributed by atoms with E-state index in [0.717, 1.165) is 41.8 Å². The topological polar surface area (TPSA) is 52.7 Å². The Balaban J connectivity index is 1.47. The van der Waals surface area contributed by atoms with E-state index in [1.165, 1.54) is 24.6 Å². The molecule has 2 saturated heterocycles. The van der Waals surface area contributed by atoms with Crippen LogP contribution in [-0.4, -0.2) is 46.4 Å². The second-order valence-corrected chi connectivity index (χ2v) is 7.60. The van der Waals surface area contributed by atoms with Crippen LogP contribution in [0.3, 0.4) is 0 Å². The number of thiocarbonyl (C=S) groups is 1. The summed E-state index contributed by atoms with van der Waals surface area (Å²) in [5, 5.41) is 2.88. The second-order valence-electron chi connectivity index (χ2n) is 5.99. The summed E-state index contributed by atoms with van der Waals surface area (Å²) in [5.41, 5.74) is 1.63. The third kappa shape index (κ3) is 4.27. The normalized spacial score (nSPS) is 17.4. The SMILES string of the molecule is O=C(CSC(=S)N1CCCC1)Nc1ccc(N2CCCC2=O)cc1. The number of amides is 2. The molecule has 0 unspecified atom stereocenters. The lowest BCUT2D eigenvalue weighted by molar-refractivity contribution is -0.117. The van der Waals surface area contributed by atoms with Crippen LogP contribution < -0.4 is 10.2 Å². The van der Waals surface area contributed by atoms with Crippen molar-refractivity contribution in [1.29, 1.82) is 0 Å². The van der Waals surface area contributed by atoms with Crippen molar-refractivity contribution in [3.63, 3.8) is 0 Å². The van der Waals surface area contributed by atoms with E-state index in [1.54, 1.807) is 4.90 Å². The van der Waals surface area contributed by atoms with Crippen LogP contribution in [0.2, 0.25) is 0 Å². The molecule has 0 bridgehead atoms. The number of likely N-dealkylation sites (tertiary alicyclic amines) is 1. The molecule has 1 aromatic carbocycles. The second kappa shape index (κ2) is 7.98. The first-order valence-corrected chi connectivity index (χ1v) is 9.65. The monoisotopic (exact) mass is 363 g/mol. The van der Waals surface area contributed by atoms with E-state index in [9.17, 15) is 9.59 Å². The highest BCUT2D eigenvalue weighted by Gasteiger charge is 2.21. The fraction of sp³-hybridized carbons (Fsp3) is 0.471. The van der Waals surface area contributed by atoms with E-state index in [-0.39, 0.29) is 11.8 Å². The maximum atomic E-state index is 12.1. The molecular weight excluding hydrogens is 342 g/mol. The Labute approximate surface area is 151 Å². The largest absolute Gasteiger partial charge is 0.358 e. The van der Waals surface area contributed by atoms with Gasteiger partial charge in [0.1, 0.15) is 4.32 Å². The van der Waals surface area contributed by atoms with Gasteiger partial charge in [0, 0.05) is 37.4 Å². The highest BCUT2D eigenvalue weighted by atomic mass is 32.2. The predicted octanol–water partition coefficient (Wildman–Crippen LogP) is 2.87. The maximum absolute atomic E-state index is 12.1. The molecule has 2 fully saturated rings. The summed E-state index contributed by atoms with van der Waals surface area (Å²) in [7, 11) is 0. The first kappa shape index (κ1) is 17.2. The minimum absolute atomic E-state index is 0.0634. The molecule has 7 heteroatoms. The van der Waals surface area contributed by atoms with E-state index in [0.29, 0.717) is 12.2 Å². The molecule has 128 valence electrons. The van der Waals surface area contributed by atoms with E-state index < -0.39 is 0 Å². The Hall–Kier alpha value is -1.60. The quantitative estimate of drug-likeness (QED) is 0.834. The molecule has 0 spiro atoms. The molecule has 24 heavy (non-hydrogen) atoms. The number of thioether (sulfide) groups is 1. The molecule has 5 nitrogen and oxygen atoms in total. The molecule has 0 aliphatic carbocycles. The standard InChI is InChI=1S/C17H21N3O2S2/c21-15(12-24-17(23)19-9-1-2-10-19)18-13-5-7-14(8-6-13)20-11-3-4-16(20)22/h5-8H,1-4,9-12H2,(H,18,21). The fourth-order valence-corrected chi connectivity index (χ4v) is 4.01.